The second-order valence-electron chi connectivity index (χ2n) is 7.45. The molecule has 0 aliphatic carbocycles. The monoisotopic (exact) mass is 434 g/mol. The van der Waals surface area contributed by atoms with E-state index < -0.39 is 0 Å². The van der Waals surface area contributed by atoms with Crippen LogP contribution in [0.25, 0.3) is 0 Å². The lowest BCUT2D eigenvalue weighted by molar-refractivity contribution is 0.0746. The number of nitrogens with zero attached hydrogens (tertiary/aromatic N) is 5. The maximum atomic E-state index is 13.0. The molecule has 1 amide bonds. The maximum absolute atomic E-state index is 13.0. The van der Waals surface area contributed by atoms with E-state index in [9.17, 15) is 4.79 Å². The molecule has 4 rings (SSSR count). The van der Waals surface area contributed by atoms with Crippen LogP contribution in [0.2, 0.25) is 0 Å². The molecule has 1 aromatic carbocycles. The molecule has 1 aliphatic rings. The van der Waals surface area contributed by atoms with Crippen molar-refractivity contribution >= 4 is 23.4 Å². The SMILES string of the molecule is COc1ccc(C(=O)N2CCN(c3cc(Nc4cc(C)ccn4)ncn3)CC2)cc1OC. The molecular formula is C23H26N6O3. The number of rotatable bonds is 6. The van der Waals surface area contributed by atoms with Gasteiger partial charge in [-0.15, -0.1) is 0 Å². The van der Waals surface area contributed by atoms with Gasteiger partial charge in [-0.25, -0.2) is 15.0 Å². The Morgan fingerprint density at radius 2 is 1.66 bits per heavy atom. The highest BCUT2D eigenvalue weighted by molar-refractivity contribution is 5.95. The zero-order chi connectivity index (χ0) is 22.5. The fourth-order valence-electron chi connectivity index (χ4n) is 3.61. The Morgan fingerprint density at radius 1 is 0.906 bits per heavy atom. The summed E-state index contributed by atoms with van der Waals surface area (Å²) in [7, 11) is 3.13. The number of carbonyl (C=O) groups excluding carboxylic acids is 1. The summed E-state index contributed by atoms with van der Waals surface area (Å²) in [6, 6.07) is 11.0. The number of benzene rings is 1. The van der Waals surface area contributed by atoms with Gasteiger partial charge in [0.2, 0.25) is 0 Å². The Kier molecular flexibility index (Phi) is 6.34. The Hall–Kier alpha value is -3.88. The minimum atomic E-state index is -0.0267. The van der Waals surface area contributed by atoms with Gasteiger partial charge in [-0.3, -0.25) is 4.79 Å². The van der Waals surface area contributed by atoms with E-state index in [1.54, 1.807) is 38.6 Å². The molecule has 0 spiro atoms. The summed E-state index contributed by atoms with van der Waals surface area (Å²) in [5.74, 6) is 3.34. The second-order valence-corrected chi connectivity index (χ2v) is 7.45. The zero-order valence-corrected chi connectivity index (χ0v) is 18.4. The van der Waals surface area contributed by atoms with E-state index >= 15 is 0 Å². The van der Waals surface area contributed by atoms with Crippen LogP contribution in [-0.2, 0) is 0 Å². The van der Waals surface area contributed by atoms with E-state index in [2.05, 4.69) is 25.2 Å². The average molecular weight is 435 g/mol. The predicted molar refractivity (Wildman–Crippen MR) is 122 cm³/mol. The van der Waals surface area contributed by atoms with Crippen molar-refractivity contribution in [3.05, 3.63) is 60.0 Å². The molecule has 1 N–H and O–H groups in total. The average Bonchev–Trinajstić information content (AvgIpc) is 2.83. The number of anilines is 3. The van der Waals surface area contributed by atoms with Crippen LogP contribution in [0.4, 0.5) is 17.5 Å². The molecule has 32 heavy (non-hydrogen) atoms. The third kappa shape index (κ3) is 4.72. The van der Waals surface area contributed by atoms with Crippen LogP contribution >= 0.6 is 0 Å². The van der Waals surface area contributed by atoms with Gasteiger partial charge in [0, 0.05) is 44.0 Å². The van der Waals surface area contributed by atoms with E-state index in [-0.39, 0.29) is 5.91 Å². The summed E-state index contributed by atoms with van der Waals surface area (Å²) in [6.45, 7) is 4.57. The number of piperazine rings is 1. The summed E-state index contributed by atoms with van der Waals surface area (Å²) in [5.41, 5.74) is 1.70. The third-order valence-electron chi connectivity index (χ3n) is 5.35. The largest absolute Gasteiger partial charge is 0.493 e. The molecule has 0 bridgehead atoms. The molecule has 166 valence electrons. The van der Waals surface area contributed by atoms with Crippen LogP contribution in [0.15, 0.2) is 48.9 Å². The standard InChI is InChI=1S/C23H26N6O3/c1-16-6-7-24-20(12-16)27-21-14-22(26-15-25-21)28-8-10-29(11-9-28)23(30)17-4-5-18(31-2)19(13-17)32-3/h4-7,12-15H,8-11H2,1-3H3,(H,24,25,26,27). The smallest absolute Gasteiger partial charge is 0.254 e. The molecule has 0 atom stereocenters. The van der Waals surface area contributed by atoms with Gasteiger partial charge in [0.05, 0.1) is 14.2 Å². The highest BCUT2D eigenvalue weighted by atomic mass is 16.5. The van der Waals surface area contributed by atoms with Gasteiger partial charge in [-0.2, -0.15) is 0 Å². The van der Waals surface area contributed by atoms with E-state index in [0.29, 0.717) is 49.1 Å². The number of hydrogen-bond donors (Lipinski definition) is 1. The molecule has 2 aromatic heterocycles. The van der Waals surface area contributed by atoms with E-state index in [1.165, 1.54) is 6.33 Å². The summed E-state index contributed by atoms with van der Waals surface area (Å²) in [5, 5.41) is 3.22. The van der Waals surface area contributed by atoms with Crippen molar-refractivity contribution in [1.82, 2.24) is 19.9 Å². The molecule has 1 aliphatic heterocycles. The zero-order valence-electron chi connectivity index (χ0n) is 18.4. The van der Waals surface area contributed by atoms with Crippen molar-refractivity contribution in [1.29, 1.82) is 0 Å². The summed E-state index contributed by atoms with van der Waals surface area (Å²) < 4.78 is 10.6. The summed E-state index contributed by atoms with van der Waals surface area (Å²) >= 11 is 0. The molecule has 0 radical (unpaired) electrons. The van der Waals surface area contributed by atoms with Crippen molar-refractivity contribution in [3.8, 4) is 11.5 Å². The van der Waals surface area contributed by atoms with Crippen LogP contribution in [0.1, 0.15) is 15.9 Å². The second kappa shape index (κ2) is 9.51. The molecule has 9 heteroatoms. The molecule has 0 unspecified atom stereocenters. The van der Waals surface area contributed by atoms with Crippen molar-refractivity contribution in [2.24, 2.45) is 0 Å². The van der Waals surface area contributed by atoms with Crippen LogP contribution in [-0.4, -0.2) is 66.2 Å². The summed E-state index contributed by atoms with van der Waals surface area (Å²) in [6.07, 6.45) is 3.29. The first-order chi connectivity index (χ1) is 15.6. The van der Waals surface area contributed by atoms with Crippen molar-refractivity contribution in [3.63, 3.8) is 0 Å². The lowest BCUT2D eigenvalue weighted by Crippen LogP contribution is -2.49. The third-order valence-corrected chi connectivity index (χ3v) is 5.35. The molecule has 0 saturated carbocycles. The number of amides is 1. The predicted octanol–water partition coefficient (Wildman–Crippen LogP) is 2.90. The van der Waals surface area contributed by atoms with Crippen molar-refractivity contribution < 1.29 is 14.3 Å². The van der Waals surface area contributed by atoms with Gasteiger partial charge in [0.15, 0.2) is 11.5 Å². The lowest BCUT2D eigenvalue weighted by atomic mass is 10.1. The van der Waals surface area contributed by atoms with Crippen molar-refractivity contribution in [2.45, 2.75) is 6.92 Å². The van der Waals surface area contributed by atoms with Gasteiger partial charge in [-0.1, -0.05) is 0 Å². The Labute approximate surface area is 187 Å². The first-order valence-corrected chi connectivity index (χ1v) is 10.4. The minimum absolute atomic E-state index is 0.0267. The topological polar surface area (TPSA) is 92.7 Å². The first-order valence-electron chi connectivity index (χ1n) is 10.4. The van der Waals surface area contributed by atoms with E-state index in [1.807, 2.05) is 30.0 Å². The Bertz CT molecular complexity index is 1100. The number of hydrogen-bond acceptors (Lipinski definition) is 8. The van der Waals surface area contributed by atoms with Crippen LogP contribution in [0.3, 0.4) is 0 Å². The van der Waals surface area contributed by atoms with Gasteiger partial charge in [-0.05, 0) is 42.8 Å². The van der Waals surface area contributed by atoms with E-state index in [4.69, 9.17) is 9.47 Å². The van der Waals surface area contributed by atoms with Crippen molar-refractivity contribution in [2.75, 3.05) is 50.6 Å². The van der Waals surface area contributed by atoms with Crippen LogP contribution in [0.5, 0.6) is 11.5 Å². The quantitative estimate of drug-likeness (QED) is 0.633. The van der Waals surface area contributed by atoms with Gasteiger partial charge >= 0.3 is 0 Å². The van der Waals surface area contributed by atoms with Gasteiger partial charge in [0.25, 0.3) is 5.91 Å². The number of nitrogens with one attached hydrogen (secondary N) is 1. The Morgan fingerprint density at radius 3 is 2.38 bits per heavy atom. The maximum Gasteiger partial charge on any atom is 0.254 e. The van der Waals surface area contributed by atoms with Crippen LogP contribution in [0, 0.1) is 6.92 Å². The van der Waals surface area contributed by atoms with Gasteiger partial charge in [0.1, 0.15) is 23.8 Å². The highest BCUT2D eigenvalue weighted by Gasteiger charge is 2.24. The molecule has 9 nitrogen and oxygen atoms in total. The molecule has 3 aromatic rings. The van der Waals surface area contributed by atoms with Gasteiger partial charge < -0.3 is 24.6 Å². The fourth-order valence-corrected chi connectivity index (χ4v) is 3.61. The fraction of sp³-hybridized carbons (Fsp3) is 0.304. The molecule has 1 saturated heterocycles. The molecule has 1 fully saturated rings. The van der Waals surface area contributed by atoms with Crippen LogP contribution < -0.4 is 19.7 Å². The molecule has 3 heterocycles. The number of pyridine rings is 1. The minimum Gasteiger partial charge on any atom is -0.493 e. The normalized spacial score (nSPS) is 13.6. The lowest BCUT2D eigenvalue weighted by Gasteiger charge is -2.35. The molecular weight excluding hydrogens is 408 g/mol. The summed E-state index contributed by atoms with van der Waals surface area (Å²) in [4.78, 5) is 30.0. The Balaban J connectivity index is 1.40. The first kappa shape index (κ1) is 21.4. The number of aryl methyl sites for hydroxylation is 1. The number of methoxy groups -OCH3 is 2. The number of aromatic nitrogens is 3. The number of carbonyl (C=O) groups is 1. The van der Waals surface area contributed by atoms with E-state index in [0.717, 1.165) is 17.2 Å². The number of ether oxygens (including phenoxy) is 2. The highest BCUT2D eigenvalue weighted by Crippen LogP contribution is 2.28.